The smallest absolute Gasteiger partial charge is 0.330 e. The number of amides is 1. The van der Waals surface area contributed by atoms with Crippen molar-refractivity contribution < 1.29 is 9.32 Å². The number of H-pyrrole nitrogens is 1. The predicted molar refractivity (Wildman–Crippen MR) is 114 cm³/mol. The van der Waals surface area contributed by atoms with Gasteiger partial charge in [0.25, 0.3) is 5.91 Å². The van der Waals surface area contributed by atoms with E-state index in [1.807, 2.05) is 35.2 Å². The first-order valence-electron chi connectivity index (χ1n) is 10.2. The topological polar surface area (TPSA) is 97.0 Å². The summed E-state index contributed by atoms with van der Waals surface area (Å²) in [5, 5.41) is 4.11. The van der Waals surface area contributed by atoms with E-state index >= 15 is 0 Å². The highest BCUT2D eigenvalue weighted by molar-refractivity contribution is 5.94. The maximum atomic E-state index is 12.9. The third-order valence-corrected chi connectivity index (χ3v) is 5.65. The highest BCUT2D eigenvalue weighted by Crippen LogP contribution is 2.29. The van der Waals surface area contributed by atoms with E-state index in [1.165, 1.54) is 4.57 Å². The predicted octanol–water partition coefficient (Wildman–Crippen LogP) is 3.24. The molecular weight excluding hydrogens is 394 g/mol. The lowest BCUT2D eigenvalue weighted by atomic mass is 9.96. The van der Waals surface area contributed by atoms with E-state index in [0.29, 0.717) is 36.1 Å². The third-order valence-electron chi connectivity index (χ3n) is 5.65. The Morgan fingerprint density at radius 1 is 1.03 bits per heavy atom. The van der Waals surface area contributed by atoms with Crippen molar-refractivity contribution >= 4 is 5.91 Å². The fraction of sp³-hybridized carbons (Fsp3) is 0.217. The normalized spacial score (nSPS) is 14.6. The van der Waals surface area contributed by atoms with E-state index in [9.17, 15) is 9.59 Å². The number of rotatable bonds is 4. The van der Waals surface area contributed by atoms with Crippen LogP contribution in [0, 0.1) is 0 Å². The molecule has 0 unspecified atom stereocenters. The summed E-state index contributed by atoms with van der Waals surface area (Å²) in [5.41, 5.74) is 2.04. The van der Waals surface area contributed by atoms with Crippen molar-refractivity contribution in [3.63, 3.8) is 0 Å². The second kappa shape index (κ2) is 8.06. The number of aromatic amines is 1. The quantitative estimate of drug-likeness (QED) is 0.552. The van der Waals surface area contributed by atoms with E-state index in [4.69, 9.17) is 4.52 Å². The minimum Gasteiger partial charge on any atom is -0.339 e. The van der Waals surface area contributed by atoms with E-state index in [0.717, 1.165) is 18.4 Å². The second-order valence-corrected chi connectivity index (χ2v) is 7.57. The maximum absolute atomic E-state index is 12.9. The molecular formula is C23H21N5O3. The molecule has 156 valence electrons. The fourth-order valence-corrected chi connectivity index (χ4v) is 3.91. The van der Waals surface area contributed by atoms with Crippen molar-refractivity contribution in [1.29, 1.82) is 0 Å². The van der Waals surface area contributed by atoms with Gasteiger partial charge in [-0.2, -0.15) is 4.98 Å². The first kappa shape index (κ1) is 19.0. The third kappa shape index (κ3) is 3.79. The van der Waals surface area contributed by atoms with Crippen LogP contribution in [-0.2, 0) is 0 Å². The summed E-state index contributed by atoms with van der Waals surface area (Å²) in [6.45, 7) is 1.26. The Labute approximate surface area is 178 Å². The highest BCUT2D eigenvalue weighted by Gasteiger charge is 2.28. The zero-order valence-corrected chi connectivity index (χ0v) is 16.8. The van der Waals surface area contributed by atoms with Crippen LogP contribution in [-0.4, -0.2) is 43.6 Å². The minimum absolute atomic E-state index is 0.0121. The van der Waals surface area contributed by atoms with Gasteiger partial charge in [-0.05, 0) is 37.1 Å². The largest absolute Gasteiger partial charge is 0.339 e. The highest BCUT2D eigenvalue weighted by atomic mass is 16.5. The molecule has 1 N–H and O–H groups in total. The molecule has 1 saturated heterocycles. The van der Waals surface area contributed by atoms with Crippen molar-refractivity contribution in [2.24, 2.45) is 0 Å². The molecule has 4 aromatic rings. The van der Waals surface area contributed by atoms with Crippen LogP contribution in [0.4, 0.5) is 0 Å². The summed E-state index contributed by atoms with van der Waals surface area (Å²) in [7, 11) is 0. The van der Waals surface area contributed by atoms with Crippen LogP contribution in [0.5, 0.6) is 0 Å². The van der Waals surface area contributed by atoms with Crippen molar-refractivity contribution in [3.8, 4) is 17.1 Å². The molecule has 0 atom stereocenters. The Morgan fingerprint density at radius 2 is 1.77 bits per heavy atom. The van der Waals surface area contributed by atoms with Crippen LogP contribution in [0.1, 0.15) is 35.0 Å². The van der Waals surface area contributed by atoms with Gasteiger partial charge in [-0.3, -0.25) is 9.36 Å². The number of hydrogen-bond donors (Lipinski definition) is 1. The molecule has 1 amide bonds. The first-order valence-corrected chi connectivity index (χ1v) is 10.2. The SMILES string of the molecule is O=C(c1ccc(-n2cc[nH]c2=O)cc1)N1CCC(c2nc(-c3ccccc3)no2)CC1. The number of aromatic nitrogens is 4. The molecule has 8 nitrogen and oxygen atoms in total. The van der Waals surface area contributed by atoms with Crippen molar-refractivity contribution in [2.75, 3.05) is 13.1 Å². The molecule has 0 bridgehead atoms. The molecule has 5 rings (SSSR count). The van der Waals surface area contributed by atoms with Gasteiger partial charge >= 0.3 is 5.69 Å². The molecule has 0 saturated carbocycles. The number of benzene rings is 2. The zero-order valence-electron chi connectivity index (χ0n) is 16.8. The van der Waals surface area contributed by atoms with Gasteiger partial charge in [-0.25, -0.2) is 4.79 Å². The van der Waals surface area contributed by atoms with E-state index in [2.05, 4.69) is 15.1 Å². The number of piperidine rings is 1. The van der Waals surface area contributed by atoms with Gasteiger partial charge in [-0.1, -0.05) is 35.5 Å². The maximum Gasteiger partial charge on any atom is 0.330 e. The summed E-state index contributed by atoms with van der Waals surface area (Å²) in [4.78, 5) is 33.6. The Kier molecular flexibility index (Phi) is 4.95. The van der Waals surface area contributed by atoms with Crippen molar-refractivity contribution in [3.05, 3.63) is 88.9 Å². The molecule has 8 heteroatoms. The molecule has 1 aliphatic rings. The number of nitrogens with one attached hydrogen (secondary N) is 1. The molecule has 0 radical (unpaired) electrons. The number of likely N-dealkylation sites (tertiary alicyclic amines) is 1. The van der Waals surface area contributed by atoms with Crippen LogP contribution in [0.25, 0.3) is 17.1 Å². The molecule has 2 aromatic heterocycles. The van der Waals surface area contributed by atoms with E-state index < -0.39 is 0 Å². The molecule has 1 aliphatic heterocycles. The lowest BCUT2D eigenvalue weighted by Crippen LogP contribution is -2.38. The molecule has 3 heterocycles. The Balaban J connectivity index is 1.22. The average molecular weight is 415 g/mol. The molecule has 0 spiro atoms. The van der Waals surface area contributed by atoms with Gasteiger partial charge in [0, 0.05) is 42.5 Å². The van der Waals surface area contributed by atoms with Crippen LogP contribution in [0.2, 0.25) is 0 Å². The van der Waals surface area contributed by atoms with Crippen molar-refractivity contribution in [1.82, 2.24) is 24.6 Å². The second-order valence-electron chi connectivity index (χ2n) is 7.57. The average Bonchev–Trinajstić information content (AvgIpc) is 3.49. The zero-order chi connectivity index (χ0) is 21.2. The molecule has 1 fully saturated rings. The van der Waals surface area contributed by atoms with Crippen molar-refractivity contribution in [2.45, 2.75) is 18.8 Å². The number of hydrogen-bond acceptors (Lipinski definition) is 5. The Hall–Kier alpha value is -3.94. The number of imidazole rings is 1. The van der Waals surface area contributed by atoms with Crippen LogP contribution >= 0.6 is 0 Å². The van der Waals surface area contributed by atoms with Crippen LogP contribution in [0.3, 0.4) is 0 Å². The van der Waals surface area contributed by atoms with Gasteiger partial charge in [0.05, 0.1) is 5.69 Å². The Morgan fingerprint density at radius 3 is 2.45 bits per heavy atom. The summed E-state index contributed by atoms with van der Waals surface area (Å²) in [5.74, 6) is 1.36. The van der Waals surface area contributed by atoms with Gasteiger partial charge in [0.2, 0.25) is 11.7 Å². The number of carbonyl (C=O) groups is 1. The first-order chi connectivity index (χ1) is 15.2. The summed E-state index contributed by atoms with van der Waals surface area (Å²) in [6.07, 6.45) is 4.79. The fourth-order valence-electron chi connectivity index (χ4n) is 3.91. The van der Waals surface area contributed by atoms with Gasteiger partial charge in [0.15, 0.2) is 0 Å². The van der Waals surface area contributed by atoms with E-state index in [-0.39, 0.29) is 17.5 Å². The monoisotopic (exact) mass is 415 g/mol. The van der Waals surface area contributed by atoms with Gasteiger partial charge in [0.1, 0.15) is 0 Å². The van der Waals surface area contributed by atoms with E-state index in [1.54, 1.807) is 36.7 Å². The van der Waals surface area contributed by atoms with Gasteiger partial charge < -0.3 is 14.4 Å². The lowest BCUT2D eigenvalue weighted by molar-refractivity contribution is 0.0704. The number of carbonyl (C=O) groups excluding carboxylic acids is 1. The summed E-state index contributed by atoms with van der Waals surface area (Å²) < 4.78 is 7.00. The summed E-state index contributed by atoms with van der Waals surface area (Å²) in [6, 6.07) is 16.8. The molecule has 0 aliphatic carbocycles. The summed E-state index contributed by atoms with van der Waals surface area (Å²) >= 11 is 0. The van der Waals surface area contributed by atoms with Crippen LogP contribution in [0.15, 0.2) is 76.3 Å². The molecule has 31 heavy (non-hydrogen) atoms. The minimum atomic E-state index is -0.211. The van der Waals surface area contributed by atoms with Gasteiger partial charge in [-0.15, -0.1) is 0 Å². The Bertz CT molecular complexity index is 1230. The molecule has 2 aromatic carbocycles. The lowest BCUT2D eigenvalue weighted by Gasteiger charge is -2.30. The number of nitrogens with zero attached hydrogens (tertiary/aromatic N) is 4. The standard InChI is InChI=1S/C23H21N5O3/c29-22(18-6-8-19(9-7-18)28-15-12-24-23(28)30)27-13-10-17(11-14-27)21-25-20(26-31-21)16-4-2-1-3-5-16/h1-9,12,15,17H,10-11,13-14H2,(H,24,30). The van der Waals surface area contributed by atoms with Crippen LogP contribution < -0.4 is 5.69 Å².